The van der Waals surface area contributed by atoms with Crippen LogP contribution in [-0.2, 0) is 11.8 Å². The van der Waals surface area contributed by atoms with Crippen molar-refractivity contribution in [1.82, 2.24) is 0 Å². The highest BCUT2D eigenvalue weighted by Crippen LogP contribution is 2.53. The first-order valence-corrected chi connectivity index (χ1v) is 17.6. The quantitative estimate of drug-likeness (QED) is 0.170. The summed E-state index contributed by atoms with van der Waals surface area (Å²) in [6, 6.07) is 51.1. The number of allylic oxidation sites excluding steroid dienone is 1. The molecule has 0 saturated carbocycles. The first-order valence-electron chi connectivity index (χ1n) is 16.8. The summed E-state index contributed by atoms with van der Waals surface area (Å²) in [6.45, 7) is 9.45. The molecule has 0 N–H and O–H groups in total. The van der Waals surface area contributed by atoms with Crippen LogP contribution in [-0.4, -0.2) is 0 Å². The highest BCUT2D eigenvalue weighted by atomic mass is 32.1. The number of benzene rings is 6. The van der Waals surface area contributed by atoms with Crippen molar-refractivity contribution >= 4 is 54.8 Å². The SMILES string of the molecule is CCC1=C(c2sc3c(-c4ccc(N(c5ccccc5)c5cccc6ccccc56)cc4)cccc3c2CC)c2ccccc2C1(C)C. The molecular formula is C45H39NS. The van der Waals surface area contributed by atoms with Crippen LogP contribution < -0.4 is 4.90 Å². The van der Waals surface area contributed by atoms with Crippen molar-refractivity contribution in [3.05, 3.63) is 167 Å². The lowest BCUT2D eigenvalue weighted by Gasteiger charge is -2.27. The van der Waals surface area contributed by atoms with E-state index in [4.69, 9.17) is 0 Å². The Kier molecular flexibility index (Phi) is 7.34. The van der Waals surface area contributed by atoms with Crippen LogP contribution in [0.1, 0.15) is 55.7 Å². The van der Waals surface area contributed by atoms with E-state index in [1.807, 2.05) is 11.3 Å². The minimum absolute atomic E-state index is 0.0369. The molecule has 0 fully saturated rings. The Bertz CT molecular complexity index is 2280. The van der Waals surface area contributed by atoms with Crippen molar-refractivity contribution in [1.29, 1.82) is 0 Å². The number of anilines is 3. The monoisotopic (exact) mass is 625 g/mol. The normalized spacial score (nSPS) is 13.8. The molecule has 2 heteroatoms. The first-order chi connectivity index (χ1) is 23.0. The Morgan fingerprint density at radius 1 is 0.574 bits per heavy atom. The van der Waals surface area contributed by atoms with Gasteiger partial charge in [-0.1, -0.05) is 142 Å². The van der Waals surface area contributed by atoms with Gasteiger partial charge in [0, 0.05) is 31.8 Å². The molecule has 0 spiro atoms. The number of rotatable bonds is 7. The lowest BCUT2D eigenvalue weighted by molar-refractivity contribution is 0.617. The summed E-state index contributed by atoms with van der Waals surface area (Å²) < 4.78 is 1.38. The van der Waals surface area contributed by atoms with E-state index in [1.54, 1.807) is 5.57 Å². The van der Waals surface area contributed by atoms with Crippen molar-refractivity contribution < 1.29 is 0 Å². The van der Waals surface area contributed by atoms with Gasteiger partial charge in [0.25, 0.3) is 0 Å². The van der Waals surface area contributed by atoms with Crippen LogP contribution in [0, 0.1) is 0 Å². The molecule has 6 aromatic carbocycles. The second kappa shape index (κ2) is 11.7. The molecule has 0 radical (unpaired) electrons. The summed E-state index contributed by atoms with van der Waals surface area (Å²) in [4.78, 5) is 3.83. The average Bonchev–Trinajstić information content (AvgIpc) is 3.60. The van der Waals surface area contributed by atoms with E-state index in [2.05, 4.69) is 172 Å². The fraction of sp³-hybridized carbons (Fsp3) is 0.156. The van der Waals surface area contributed by atoms with Gasteiger partial charge in [-0.3, -0.25) is 0 Å². The molecule has 0 saturated heterocycles. The van der Waals surface area contributed by atoms with Crippen LogP contribution in [0.5, 0.6) is 0 Å². The summed E-state index contributed by atoms with van der Waals surface area (Å²) in [5.41, 5.74) is 13.4. The van der Waals surface area contributed by atoms with Gasteiger partial charge in [0.2, 0.25) is 0 Å². The number of fused-ring (bicyclic) bond motifs is 3. The zero-order valence-corrected chi connectivity index (χ0v) is 28.4. The van der Waals surface area contributed by atoms with Gasteiger partial charge in [0.05, 0.1) is 5.69 Å². The van der Waals surface area contributed by atoms with Gasteiger partial charge in [-0.2, -0.15) is 0 Å². The Morgan fingerprint density at radius 3 is 2.00 bits per heavy atom. The Labute approximate surface area is 282 Å². The van der Waals surface area contributed by atoms with Gasteiger partial charge in [-0.25, -0.2) is 0 Å². The Morgan fingerprint density at radius 2 is 1.21 bits per heavy atom. The Balaban J connectivity index is 1.26. The van der Waals surface area contributed by atoms with Crippen LogP contribution >= 0.6 is 11.3 Å². The second-order valence-corrected chi connectivity index (χ2v) is 14.1. The van der Waals surface area contributed by atoms with Crippen LogP contribution in [0.2, 0.25) is 0 Å². The molecule has 1 aromatic heterocycles. The minimum Gasteiger partial charge on any atom is -0.310 e. The fourth-order valence-electron chi connectivity index (χ4n) is 7.91. The number of hydrogen-bond donors (Lipinski definition) is 0. The van der Waals surface area contributed by atoms with E-state index in [0.717, 1.165) is 24.2 Å². The highest BCUT2D eigenvalue weighted by molar-refractivity contribution is 7.21. The lowest BCUT2D eigenvalue weighted by atomic mass is 9.80. The summed E-state index contributed by atoms with van der Waals surface area (Å²) >= 11 is 1.99. The third-order valence-corrected chi connectivity index (χ3v) is 11.4. The number of aryl methyl sites for hydroxylation is 1. The van der Waals surface area contributed by atoms with Crippen LogP contribution in [0.4, 0.5) is 17.1 Å². The van der Waals surface area contributed by atoms with Crippen LogP contribution in [0.3, 0.4) is 0 Å². The molecule has 0 bridgehead atoms. The number of thiophene rings is 1. The second-order valence-electron chi connectivity index (χ2n) is 13.0. The standard InChI is InChI=1S/C45H39NS/c1-5-34-37-23-15-22-36(43(37)47-44(34)42-38-21-12-13-24-40(38)45(3,4)39(42)6-2)31-26-28-33(29-27-31)46(32-18-8-7-9-19-32)41-25-14-17-30-16-10-11-20-35(30)41/h7-29H,5-6H2,1-4H3. The molecule has 0 atom stereocenters. The van der Waals surface area contributed by atoms with Gasteiger partial charge in [0.1, 0.15) is 0 Å². The van der Waals surface area contributed by atoms with Crippen molar-refractivity contribution in [2.45, 2.75) is 46.0 Å². The molecule has 8 rings (SSSR count). The van der Waals surface area contributed by atoms with E-state index in [-0.39, 0.29) is 5.41 Å². The van der Waals surface area contributed by atoms with E-state index >= 15 is 0 Å². The predicted octanol–water partition coefficient (Wildman–Crippen LogP) is 13.3. The molecule has 1 aliphatic carbocycles. The van der Waals surface area contributed by atoms with Gasteiger partial charge < -0.3 is 4.90 Å². The average molecular weight is 626 g/mol. The van der Waals surface area contributed by atoms with E-state index in [9.17, 15) is 0 Å². The molecule has 1 nitrogen and oxygen atoms in total. The molecule has 1 aliphatic rings. The number of nitrogens with zero attached hydrogens (tertiary/aromatic N) is 1. The first kappa shape index (κ1) is 29.5. The molecule has 0 unspecified atom stereocenters. The number of para-hydroxylation sites is 1. The van der Waals surface area contributed by atoms with Gasteiger partial charge in [-0.15, -0.1) is 11.3 Å². The third kappa shape index (κ3) is 4.74. The van der Waals surface area contributed by atoms with E-state index < -0.39 is 0 Å². The smallest absolute Gasteiger partial charge is 0.0540 e. The molecule has 1 heterocycles. The molecular weight excluding hydrogens is 587 g/mol. The van der Waals surface area contributed by atoms with Gasteiger partial charge in [-0.05, 0) is 87.3 Å². The summed E-state index contributed by atoms with van der Waals surface area (Å²) in [7, 11) is 0. The highest BCUT2D eigenvalue weighted by Gasteiger charge is 2.38. The minimum atomic E-state index is 0.0369. The largest absolute Gasteiger partial charge is 0.310 e. The fourth-order valence-corrected chi connectivity index (χ4v) is 9.42. The number of hydrogen-bond acceptors (Lipinski definition) is 2. The predicted molar refractivity (Wildman–Crippen MR) is 205 cm³/mol. The summed E-state index contributed by atoms with van der Waals surface area (Å²) in [6.07, 6.45) is 2.06. The van der Waals surface area contributed by atoms with Gasteiger partial charge >= 0.3 is 0 Å². The third-order valence-electron chi connectivity index (χ3n) is 10.1. The maximum absolute atomic E-state index is 2.40. The van der Waals surface area contributed by atoms with E-state index in [0.29, 0.717) is 0 Å². The van der Waals surface area contributed by atoms with Crippen molar-refractivity contribution in [3.8, 4) is 11.1 Å². The molecule has 0 aliphatic heterocycles. The molecule has 0 amide bonds. The molecule has 47 heavy (non-hydrogen) atoms. The Hall–Kier alpha value is -4.92. The van der Waals surface area contributed by atoms with Crippen molar-refractivity contribution in [2.75, 3.05) is 4.90 Å². The maximum atomic E-state index is 2.40. The van der Waals surface area contributed by atoms with Crippen molar-refractivity contribution in [2.24, 2.45) is 0 Å². The zero-order valence-electron chi connectivity index (χ0n) is 27.5. The molecule has 230 valence electrons. The van der Waals surface area contributed by atoms with Crippen molar-refractivity contribution in [3.63, 3.8) is 0 Å². The van der Waals surface area contributed by atoms with E-state index in [1.165, 1.54) is 64.8 Å². The van der Waals surface area contributed by atoms with Crippen LogP contribution in [0.15, 0.2) is 145 Å². The topological polar surface area (TPSA) is 3.24 Å². The van der Waals surface area contributed by atoms with Crippen LogP contribution in [0.25, 0.3) is 37.6 Å². The summed E-state index contributed by atoms with van der Waals surface area (Å²) in [5.74, 6) is 0. The molecule has 7 aromatic rings. The maximum Gasteiger partial charge on any atom is 0.0540 e. The van der Waals surface area contributed by atoms with Gasteiger partial charge in [0.15, 0.2) is 0 Å². The lowest BCUT2D eigenvalue weighted by Crippen LogP contribution is -2.16. The summed E-state index contributed by atoms with van der Waals surface area (Å²) in [5, 5.41) is 3.87. The zero-order chi connectivity index (χ0) is 32.1.